The van der Waals surface area contributed by atoms with E-state index in [1.807, 2.05) is 49.4 Å². The van der Waals surface area contributed by atoms with Crippen LogP contribution in [-0.4, -0.2) is 32.0 Å². The van der Waals surface area contributed by atoms with Gasteiger partial charge in [0.2, 0.25) is 6.86 Å². The van der Waals surface area contributed by atoms with Gasteiger partial charge in [-0.05, 0) is 48.9 Å². The Balaban J connectivity index is 1.38. The first-order valence-electron chi connectivity index (χ1n) is 11.8. The van der Waals surface area contributed by atoms with E-state index in [2.05, 4.69) is 4.74 Å². The number of rotatable bonds is 8. The zero-order valence-electron chi connectivity index (χ0n) is 20.2. The number of hydrogen-bond donors (Lipinski definition) is 0. The summed E-state index contributed by atoms with van der Waals surface area (Å²) in [5.41, 5.74) is 0.127. The van der Waals surface area contributed by atoms with Crippen LogP contribution in [0.3, 0.4) is 0 Å². The second-order valence-electron chi connectivity index (χ2n) is 9.12. The Labute approximate surface area is 208 Å². The molecule has 1 saturated carbocycles. The highest BCUT2D eigenvalue weighted by Crippen LogP contribution is 2.40. The van der Waals surface area contributed by atoms with Crippen LogP contribution in [0.2, 0.25) is 0 Å². The van der Waals surface area contributed by atoms with Crippen LogP contribution in [0, 0.1) is 11.2 Å². The molecule has 0 amide bonds. The van der Waals surface area contributed by atoms with Crippen molar-refractivity contribution in [2.45, 2.75) is 45.3 Å². The van der Waals surface area contributed by atoms with Crippen molar-refractivity contribution in [3.8, 4) is 11.5 Å². The van der Waals surface area contributed by atoms with E-state index in [-0.39, 0.29) is 35.7 Å². The van der Waals surface area contributed by atoms with Crippen molar-refractivity contribution in [1.82, 2.24) is 0 Å². The number of alkyl halides is 1. The first-order valence-corrected chi connectivity index (χ1v) is 11.8. The largest absolute Gasteiger partial charge is 0.487 e. The van der Waals surface area contributed by atoms with Gasteiger partial charge in [0, 0.05) is 12.1 Å². The van der Waals surface area contributed by atoms with Crippen LogP contribution < -0.4 is 9.47 Å². The third kappa shape index (κ3) is 5.42. The van der Waals surface area contributed by atoms with Gasteiger partial charge in [0.25, 0.3) is 0 Å². The van der Waals surface area contributed by atoms with Gasteiger partial charge in [0.05, 0.1) is 18.6 Å². The topological polar surface area (TPSA) is 71.1 Å². The first kappa shape index (κ1) is 25.4. The minimum absolute atomic E-state index is 0.135. The standard InChI is InChI=1S/C28H28F2O6/c1-28(27(32)34-16-19-8-5-7-18-6-3-4-9-21(18)19)12-10-20(11-13-28)36-25-14-22(26(31)33-2)24(35-17-29)15-23(25)30/h3-9,14-15,20H,10-13,16-17H2,1-2H3/t20-,28+. The number of carbonyl (C=O) groups is 2. The molecule has 190 valence electrons. The lowest BCUT2D eigenvalue weighted by Gasteiger charge is -2.35. The number of fused-ring (bicyclic) bond motifs is 1. The van der Waals surface area contributed by atoms with Gasteiger partial charge in [-0.1, -0.05) is 42.5 Å². The molecule has 6 nitrogen and oxygen atoms in total. The fourth-order valence-electron chi connectivity index (χ4n) is 4.54. The average Bonchev–Trinajstić information content (AvgIpc) is 2.89. The molecule has 0 aliphatic heterocycles. The van der Waals surface area contributed by atoms with Crippen molar-refractivity contribution in [3.05, 3.63) is 71.5 Å². The normalized spacial score (nSPS) is 19.5. The Morgan fingerprint density at radius 3 is 2.47 bits per heavy atom. The first-order chi connectivity index (χ1) is 17.3. The summed E-state index contributed by atoms with van der Waals surface area (Å²) in [5, 5.41) is 2.13. The van der Waals surface area contributed by atoms with E-state index < -0.39 is 24.1 Å². The van der Waals surface area contributed by atoms with E-state index in [1.165, 1.54) is 0 Å². The fraction of sp³-hybridized carbons (Fsp3) is 0.357. The minimum atomic E-state index is -1.22. The molecule has 3 aromatic carbocycles. The summed E-state index contributed by atoms with van der Waals surface area (Å²) in [4.78, 5) is 25.0. The van der Waals surface area contributed by atoms with Crippen LogP contribution in [0.4, 0.5) is 8.78 Å². The molecule has 36 heavy (non-hydrogen) atoms. The number of hydrogen-bond acceptors (Lipinski definition) is 6. The molecule has 8 heteroatoms. The van der Waals surface area contributed by atoms with Crippen LogP contribution in [0.25, 0.3) is 10.8 Å². The molecule has 0 atom stereocenters. The molecule has 0 heterocycles. The fourth-order valence-corrected chi connectivity index (χ4v) is 4.54. The van der Waals surface area contributed by atoms with E-state index in [4.69, 9.17) is 14.2 Å². The Hall–Kier alpha value is -3.68. The lowest BCUT2D eigenvalue weighted by atomic mass is 9.74. The minimum Gasteiger partial charge on any atom is -0.487 e. The summed E-state index contributed by atoms with van der Waals surface area (Å²) >= 11 is 0. The molecule has 0 N–H and O–H groups in total. The molecule has 0 unspecified atom stereocenters. The summed E-state index contributed by atoms with van der Waals surface area (Å²) in [6.07, 6.45) is 1.63. The molecule has 3 aromatic rings. The molecule has 0 aromatic heterocycles. The molecule has 4 rings (SSSR count). The Kier molecular flexibility index (Phi) is 7.72. The zero-order chi connectivity index (χ0) is 25.7. The van der Waals surface area contributed by atoms with E-state index in [0.29, 0.717) is 25.7 Å². The summed E-state index contributed by atoms with van der Waals surface area (Å²) in [6, 6.07) is 15.9. The summed E-state index contributed by atoms with van der Waals surface area (Å²) in [6.45, 7) is 0.833. The van der Waals surface area contributed by atoms with Gasteiger partial charge in [0.15, 0.2) is 11.6 Å². The van der Waals surface area contributed by atoms with Gasteiger partial charge >= 0.3 is 11.9 Å². The van der Waals surface area contributed by atoms with Crippen LogP contribution in [0.15, 0.2) is 54.6 Å². The SMILES string of the molecule is COC(=O)c1cc(O[C@H]2CC[C@@](C)(C(=O)OCc3cccc4ccccc34)CC2)c(F)cc1OCF. The van der Waals surface area contributed by atoms with Crippen molar-refractivity contribution in [2.75, 3.05) is 14.0 Å². The molecule has 1 fully saturated rings. The molecule has 1 aliphatic rings. The Morgan fingerprint density at radius 2 is 1.75 bits per heavy atom. The quantitative estimate of drug-likeness (QED) is 0.347. The lowest BCUT2D eigenvalue weighted by molar-refractivity contribution is -0.159. The van der Waals surface area contributed by atoms with Crippen molar-refractivity contribution < 1.29 is 37.3 Å². The van der Waals surface area contributed by atoms with E-state index in [0.717, 1.165) is 35.6 Å². The molecule has 0 saturated heterocycles. The maximum absolute atomic E-state index is 14.6. The number of esters is 2. The maximum Gasteiger partial charge on any atom is 0.341 e. The zero-order valence-corrected chi connectivity index (χ0v) is 20.2. The summed E-state index contributed by atoms with van der Waals surface area (Å²) in [5.74, 6) is -2.28. The van der Waals surface area contributed by atoms with Crippen molar-refractivity contribution in [1.29, 1.82) is 0 Å². The van der Waals surface area contributed by atoms with Crippen LogP contribution in [-0.2, 0) is 20.9 Å². The second-order valence-corrected chi connectivity index (χ2v) is 9.12. The van der Waals surface area contributed by atoms with Gasteiger partial charge in [0.1, 0.15) is 17.9 Å². The predicted octanol–water partition coefficient (Wildman–Crippen LogP) is 6.14. The van der Waals surface area contributed by atoms with Crippen molar-refractivity contribution >= 4 is 22.7 Å². The van der Waals surface area contributed by atoms with Crippen LogP contribution >= 0.6 is 0 Å². The monoisotopic (exact) mass is 498 g/mol. The molecule has 0 spiro atoms. The number of methoxy groups -OCH3 is 1. The van der Waals surface area contributed by atoms with Crippen molar-refractivity contribution in [2.24, 2.45) is 5.41 Å². The number of benzene rings is 3. The van der Waals surface area contributed by atoms with Gasteiger partial charge in [-0.15, -0.1) is 0 Å². The number of carbonyl (C=O) groups excluding carboxylic acids is 2. The third-order valence-electron chi connectivity index (χ3n) is 6.71. The summed E-state index contributed by atoms with van der Waals surface area (Å²) < 4.78 is 48.1. The van der Waals surface area contributed by atoms with Gasteiger partial charge in [-0.3, -0.25) is 4.79 Å². The molecule has 0 bridgehead atoms. The van der Waals surface area contributed by atoms with Gasteiger partial charge in [-0.2, -0.15) is 0 Å². The van der Waals surface area contributed by atoms with Crippen LogP contribution in [0.5, 0.6) is 11.5 Å². The second kappa shape index (κ2) is 10.9. The predicted molar refractivity (Wildman–Crippen MR) is 129 cm³/mol. The molecule has 1 aliphatic carbocycles. The van der Waals surface area contributed by atoms with Crippen molar-refractivity contribution in [3.63, 3.8) is 0 Å². The summed E-state index contributed by atoms with van der Waals surface area (Å²) in [7, 11) is 1.16. The number of ether oxygens (including phenoxy) is 4. The smallest absolute Gasteiger partial charge is 0.341 e. The highest BCUT2D eigenvalue weighted by molar-refractivity contribution is 5.93. The van der Waals surface area contributed by atoms with E-state index >= 15 is 0 Å². The highest BCUT2D eigenvalue weighted by Gasteiger charge is 2.40. The average molecular weight is 499 g/mol. The molecular weight excluding hydrogens is 470 g/mol. The molecule has 0 radical (unpaired) electrons. The van der Waals surface area contributed by atoms with E-state index in [9.17, 15) is 18.4 Å². The Morgan fingerprint density at radius 1 is 1.03 bits per heavy atom. The number of halogens is 2. The van der Waals surface area contributed by atoms with E-state index in [1.54, 1.807) is 0 Å². The molecular formula is C28H28F2O6. The third-order valence-corrected chi connectivity index (χ3v) is 6.71. The highest BCUT2D eigenvalue weighted by atomic mass is 19.1. The van der Waals surface area contributed by atoms with Crippen LogP contribution in [0.1, 0.15) is 48.5 Å². The Bertz CT molecular complexity index is 1240. The lowest BCUT2D eigenvalue weighted by Crippen LogP contribution is -2.37. The van der Waals surface area contributed by atoms with Gasteiger partial charge < -0.3 is 18.9 Å². The van der Waals surface area contributed by atoms with Gasteiger partial charge in [-0.25, -0.2) is 13.6 Å². The maximum atomic E-state index is 14.6.